The molecule has 0 fully saturated rings. The minimum Gasteiger partial charge on any atom is -0.496 e. The number of aliphatic imine (C=N–C) groups is 1. The average Bonchev–Trinajstić information content (AvgIpc) is 2.95. The van der Waals surface area contributed by atoms with E-state index >= 15 is 0 Å². The Morgan fingerprint density at radius 3 is 2.34 bits per heavy atom. The van der Waals surface area contributed by atoms with Gasteiger partial charge in [-0.3, -0.25) is 14.6 Å². The lowest BCUT2D eigenvalue weighted by Crippen LogP contribution is -2.28. The normalized spacial score (nSPS) is 13.2. The standard InChI is InChI=1S/C25H23N3O4/c1-28-18-13-19(31-2)21(15-8-5-4-6-9-15)24(32-3)22(18)23(27-14-20(28)29)16-10-7-11-17(12-16)25(26)30/h4-13H,14H2,1-3H3,(H2,26,30). The van der Waals surface area contributed by atoms with Gasteiger partial charge in [-0.05, 0) is 17.7 Å². The molecule has 162 valence electrons. The SMILES string of the molecule is COc1cc2c(c(OC)c1-c1ccccc1)C(c1cccc(C(N)=O)c1)=NCC(=O)N2C. The van der Waals surface area contributed by atoms with E-state index in [2.05, 4.69) is 4.99 Å². The molecule has 0 aromatic heterocycles. The second kappa shape index (κ2) is 8.55. The van der Waals surface area contributed by atoms with Crippen LogP contribution in [0.2, 0.25) is 0 Å². The Labute approximate surface area is 186 Å². The van der Waals surface area contributed by atoms with Gasteiger partial charge in [-0.1, -0.05) is 42.5 Å². The Bertz CT molecular complexity index is 1240. The Balaban J connectivity index is 2.08. The predicted molar refractivity (Wildman–Crippen MR) is 124 cm³/mol. The number of carbonyl (C=O) groups excluding carboxylic acids is 2. The number of benzodiazepines with no additional fused rings is 1. The van der Waals surface area contributed by atoms with Crippen molar-refractivity contribution in [2.45, 2.75) is 0 Å². The summed E-state index contributed by atoms with van der Waals surface area (Å²) in [5.74, 6) is 0.374. The molecule has 0 radical (unpaired) electrons. The number of carbonyl (C=O) groups is 2. The number of hydrogen-bond donors (Lipinski definition) is 1. The predicted octanol–water partition coefficient (Wildman–Crippen LogP) is 3.28. The smallest absolute Gasteiger partial charge is 0.248 e. The molecule has 0 atom stereocenters. The molecule has 7 nitrogen and oxygen atoms in total. The van der Waals surface area contributed by atoms with Gasteiger partial charge in [-0.15, -0.1) is 0 Å². The van der Waals surface area contributed by atoms with Gasteiger partial charge in [0.15, 0.2) is 0 Å². The number of hydrogen-bond acceptors (Lipinski definition) is 5. The van der Waals surface area contributed by atoms with Crippen molar-refractivity contribution >= 4 is 23.2 Å². The number of nitrogens with two attached hydrogens (primary N) is 1. The maximum Gasteiger partial charge on any atom is 0.248 e. The summed E-state index contributed by atoms with van der Waals surface area (Å²) in [6, 6.07) is 18.4. The van der Waals surface area contributed by atoms with Gasteiger partial charge in [0, 0.05) is 24.2 Å². The monoisotopic (exact) mass is 429 g/mol. The number of fused-ring (bicyclic) bond motifs is 1. The third-order valence-electron chi connectivity index (χ3n) is 5.48. The van der Waals surface area contributed by atoms with Gasteiger partial charge in [0.25, 0.3) is 0 Å². The summed E-state index contributed by atoms with van der Waals surface area (Å²) < 4.78 is 11.6. The molecule has 4 rings (SSSR count). The van der Waals surface area contributed by atoms with Gasteiger partial charge in [-0.25, -0.2) is 0 Å². The molecule has 0 bridgehead atoms. The first-order valence-corrected chi connectivity index (χ1v) is 10.0. The summed E-state index contributed by atoms with van der Waals surface area (Å²) in [4.78, 5) is 30.7. The molecule has 7 heteroatoms. The van der Waals surface area contributed by atoms with E-state index in [0.717, 1.165) is 11.1 Å². The zero-order valence-corrected chi connectivity index (χ0v) is 18.1. The summed E-state index contributed by atoms with van der Waals surface area (Å²) in [6.45, 7) is -0.0482. The van der Waals surface area contributed by atoms with Crippen molar-refractivity contribution in [2.24, 2.45) is 10.7 Å². The van der Waals surface area contributed by atoms with E-state index in [0.29, 0.717) is 39.6 Å². The average molecular weight is 429 g/mol. The van der Waals surface area contributed by atoms with Gasteiger partial charge < -0.3 is 20.1 Å². The second-order valence-electron chi connectivity index (χ2n) is 7.31. The first-order chi connectivity index (χ1) is 15.5. The first-order valence-electron chi connectivity index (χ1n) is 10.0. The summed E-state index contributed by atoms with van der Waals surface area (Å²) in [5, 5.41) is 0. The first kappa shape index (κ1) is 21.1. The van der Waals surface area contributed by atoms with Crippen LogP contribution in [0, 0.1) is 0 Å². The highest BCUT2D eigenvalue weighted by atomic mass is 16.5. The van der Waals surface area contributed by atoms with Crippen molar-refractivity contribution < 1.29 is 19.1 Å². The van der Waals surface area contributed by atoms with Crippen molar-refractivity contribution in [3.63, 3.8) is 0 Å². The number of anilines is 1. The van der Waals surface area contributed by atoms with Crippen molar-refractivity contribution in [1.82, 2.24) is 0 Å². The Morgan fingerprint density at radius 1 is 0.969 bits per heavy atom. The Hall–Kier alpha value is -4.13. The molecule has 3 aromatic rings. The van der Waals surface area contributed by atoms with Crippen molar-refractivity contribution in [2.75, 3.05) is 32.7 Å². The molecule has 32 heavy (non-hydrogen) atoms. The maximum atomic E-state index is 12.7. The zero-order chi connectivity index (χ0) is 22.8. The summed E-state index contributed by atoms with van der Waals surface area (Å²) in [5.41, 5.74) is 9.93. The van der Waals surface area contributed by atoms with Crippen LogP contribution >= 0.6 is 0 Å². The van der Waals surface area contributed by atoms with Crippen LogP contribution in [0.1, 0.15) is 21.5 Å². The molecule has 0 aliphatic carbocycles. The summed E-state index contributed by atoms with van der Waals surface area (Å²) in [7, 11) is 4.85. The molecule has 1 heterocycles. The van der Waals surface area contributed by atoms with Gasteiger partial charge in [-0.2, -0.15) is 0 Å². The fraction of sp³-hybridized carbons (Fsp3) is 0.160. The molecule has 1 aliphatic heterocycles. The number of benzene rings is 3. The third kappa shape index (κ3) is 3.58. The number of nitrogens with zero attached hydrogens (tertiary/aromatic N) is 2. The van der Waals surface area contributed by atoms with E-state index in [9.17, 15) is 9.59 Å². The molecule has 0 saturated heterocycles. The number of methoxy groups -OCH3 is 2. The quantitative estimate of drug-likeness (QED) is 0.673. The fourth-order valence-corrected chi connectivity index (χ4v) is 3.88. The lowest BCUT2D eigenvalue weighted by atomic mass is 9.92. The molecule has 0 spiro atoms. The van der Waals surface area contributed by atoms with Crippen LogP contribution in [0.5, 0.6) is 11.5 Å². The van der Waals surface area contributed by atoms with E-state index in [1.54, 1.807) is 44.4 Å². The van der Waals surface area contributed by atoms with Crippen LogP contribution in [0.3, 0.4) is 0 Å². The zero-order valence-electron chi connectivity index (χ0n) is 18.1. The highest BCUT2D eigenvalue weighted by Crippen LogP contribution is 2.47. The molecular formula is C25H23N3O4. The lowest BCUT2D eigenvalue weighted by Gasteiger charge is -2.24. The number of ether oxygens (including phenoxy) is 2. The lowest BCUT2D eigenvalue weighted by molar-refractivity contribution is -0.116. The van der Waals surface area contributed by atoms with E-state index < -0.39 is 5.91 Å². The molecule has 2 amide bonds. The van der Waals surface area contributed by atoms with Crippen LogP contribution in [0.15, 0.2) is 65.7 Å². The second-order valence-corrected chi connectivity index (χ2v) is 7.31. The van der Waals surface area contributed by atoms with Gasteiger partial charge >= 0.3 is 0 Å². The Morgan fingerprint density at radius 2 is 1.69 bits per heavy atom. The van der Waals surface area contributed by atoms with Crippen molar-refractivity contribution in [3.05, 3.63) is 77.4 Å². The molecule has 0 saturated carbocycles. The minimum atomic E-state index is -0.541. The molecule has 3 aromatic carbocycles. The van der Waals surface area contributed by atoms with E-state index in [-0.39, 0.29) is 12.5 Å². The van der Waals surface area contributed by atoms with Crippen LogP contribution < -0.4 is 20.1 Å². The van der Waals surface area contributed by atoms with E-state index in [1.165, 1.54) is 0 Å². The van der Waals surface area contributed by atoms with Gasteiger partial charge in [0.1, 0.15) is 18.0 Å². The summed E-state index contributed by atoms with van der Waals surface area (Å²) >= 11 is 0. The fourth-order valence-electron chi connectivity index (χ4n) is 3.88. The van der Waals surface area contributed by atoms with Crippen LogP contribution in [-0.4, -0.2) is 45.3 Å². The van der Waals surface area contributed by atoms with Crippen LogP contribution in [0.25, 0.3) is 11.1 Å². The minimum absolute atomic E-state index is 0.0482. The van der Waals surface area contributed by atoms with Crippen LogP contribution in [-0.2, 0) is 4.79 Å². The molecule has 1 aliphatic rings. The van der Waals surface area contributed by atoms with Crippen molar-refractivity contribution in [1.29, 1.82) is 0 Å². The molecule has 2 N–H and O–H groups in total. The highest BCUT2D eigenvalue weighted by molar-refractivity contribution is 6.22. The summed E-state index contributed by atoms with van der Waals surface area (Å²) in [6.07, 6.45) is 0. The Kier molecular flexibility index (Phi) is 5.64. The van der Waals surface area contributed by atoms with Gasteiger partial charge in [0.05, 0.1) is 36.7 Å². The number of amides is 2. The van der Waals surface area contributed by atoms with E-state index in [4.69, 9.17) is 15.2 Å². The number of likely N-dealkylation sites (N-methyl/N-ethyl adjacent to an activating group) is 1. The molecule has 0 unspecified atom stereocenters. The largest absolute Gasteiger partial charge is 0.496 e. The topological polar surface area (TPSA) is 94.2 Å². The number of primary amides is 1. The van der Waals surface area contributed by atoms with Gasteiger partial charge in [0.2, 0.25) is 11.8 Å². The third-order valence-corrected chi connectivity index (χ3v) is 5.48. The van der Waals surface area contributed by atoms with Crippen molar-refractivity contribution in [3.8, 4) is 22.6 Å². The van der Waals surface area contributed by atoms with E-state index in [1.807, 2.05) is 42.5 Å². The van der Waals surface area contributed by atoms with Crippen LogP contribution in [0.4, 0.5) is 5.69 Å². The highest BCUT2D eigenvalue weighted by Gasteiger charge is 2.30. The number of rotatable bonds is 5. The maximum absolute atomic E-state index is 12.7. The molecular weight excluding hydrogens is 406 g/mol.